The van der Waals surface area contributed by atoms with Crippen LogP contribution in [0.4, 0.5) is 4.39 Å². The van der Waals surface area contributed by atoms with Crippen molar-refractivity contribution in [1.82, 2.24) is 9.97 Å². The molecule has 2 aromatic rings. The van der Waals surface area contributed by atoms with E-state index in [-0.39, 0.29) is 6.42 Å². The molecule has 27 heavy (non-hydrogen) atoms. The summed E-state index contributed by atoms with van der Waals surface area (Å²) in [4.78, 5) is 28.2. The number of rotatable bonds is 6. The third kappa shape index (κ3) is 10.6. The number of carbonyl (C=O) groups is 2. The Kier molecular flexibility index (Phi) is 11.9. The number of carboxylic acid groups (broad SMARTS) is 2. The maximum absolute atomic E-state index is 12.4. The Morgan fingerprint density at radius 3 is 2.07 bits per heavy atom. The molecule has 2 heterocycles. The monoisotopic (exact) mass is 380 g/mol. The highest BCUT2D eigenvalue weighted by Crippen LogP contribution is 2.01. The second kappa shape index (κ2) is 13.3. The van der Waals surface area contributed by atoms with Gasteiger partial charge in [-0.3, -0.25) is 19.6 Å². The molecule has 148 valence electrons. The first-order valence-electron chi connectivity index (χ1n) is 8.25. The van der Waals surface area contributed by atoms with Gasteiger partial charge >= 0.3 is 11.9 Å². The normalized spacial score (nSPS) is 11.7. The van der Waals surface area contributed by atoms with E-state index in [0.29, 0.717) is 12.1 Å². The fourth-order valence-corrected chi connectivity index (χ4v) is 1.70. The lowest BCUT2D eigenvalue weighted by Gasteiger charge is -2.04. The Morgan fingerprint density at radius 1 is 1.04 bits per heavy atom. The first-order valence-corrected chi connectivity index (χ1v) is 8.25. The van der Waals surface area contributed by atoms with Crippen molar-refractivity contribution in [1.29, 1.82) is 0 Å². The topological polar surface area (TPSA) is 152 Å². The summed E-state index contributed by atoms with van der Waals surface area (Å²) in [6.45, 7) is 4.00. The van der Waals surface area contributed by atoms with Crippen molar-refractivity contribution >= 4 is 11.9 Å². The molecule has 0 saturated carbocycles. The summed E-state index contributed by atoms with van der Waals surface area (Å²) >= 11 is 0. The number of halogens is 1. The van der Waals surface area contributed by atoms with Crippen LogP contribution in [-0.4, -0.2) is 44.2 Å². The van der Waals surface area contributed by atoms with Crippen molar-refractivity contribution in [2.24, 2.45) is 11.5 Å². The van der Waals surface area contributed by atoms with E-state index in [1.807, 2.05) is 13.8 Å². The second-order valence-corrected chi connectivity index (χ2v) is 5.13. The molecular formula is C18H25FN4O4. The minimum Gasteiger partial charge on any atom is -0.480 e. The van der Waals surface area contributed by atoms with Crippen molar-refractivity contribution in [3.05, 3.63) is 59.9 Å². The summed E-state index contributed by atoms with van der Waals surface area (Å²) in [5.74, 6) is -2.53. The summed E-state index contributed by atoms with van der Waals surface area (Å²) in [6, 6.07) is 4.36. The summed E-state index contributed by atoms with van der Waals surface area (Å²) < 4.78 is 12.4. The lowest BCUT2D eigenvalue weighted by molar-refractivity contribution is -0.139. The lowest BCUT2D eigenvalue weighted by atomic mass is 10.1. The lowest BCUT2D eigenvalue weighted by Crippen LogP contribution is -2.32. The summed E-state index contributed by atoms with van der Waals surface area (Å²) in [5, 5.41) is 17.0. The van der Waals surface area contributed by atoms with Crippen LogP contribution in [0.5, 0.6) is 0 Å². The fourth-order valence-electron chi connectivity index (χ4n) is 1.70. The van der Waals surface area contributed by atoms with Gasteiger partial charge in [-0.1, -0.05) is 19.9 Å². The predicted octanol–water partition coefficient (Wildman–Crippen LogP) is 1.24. The minimum absolute atomic E-state index is 0.107. The van der Waals surface area contributed by atoms with Crippen LogP contribution in [0.2, 0.25) is 0 Å². The number of aliphatic carboxylic acids is 2. The van der Waals surface area contributed by atoms with E-state index in [0.717, 1.165) is 11.8 Å². The van der Waals surface area contributed by atoms with Gasteiger partial charge in [-0.15, -0.1) is 0 Å². The first kappa shape index (κ1) is 24.1. The van der Waals surface area contributed by atoms with E-state index < -0.39 is 29.8 Å². The number of carboxylic acids is 2. The molecule has 0 bridgehead atoms. The molecule has 0 aliphatic heterocycles. The number of pyridine rings is 2. The molecule has 2 rings (SSSR count). The van der Waals surface area contributed by atoms with Crippen LogP contribution in [0.3, 0.4) is 0 Å². The average Bonchev–Trinajstić information content (AvgIpc) is 2.66. The van der Waals surface area contributed by atoms with Crippen LogP contribution in [0.25, 0.3) is 0 Å². The summed E-state index contributed by atoms with van der Waals surface area (Å²) in [7, 11) is 0. The van der Waals surface area contributed by atoms with Gasteiger partial charge in [0.1, 0.15) is 17.9 Å². The zero-order chi connectivity index (χ0) is 20.8. The van der Waals surface area contributed by atoms with Gasteiger partial charge in [0, 0.05) is 24.5 Å². The van der Waals surface area contributed by atoms with Gasteiger partial charge < -0.3 is 21.7 Å². The Bertz CT molecular complexity index is 684. The molecular weight excluding hydrogens is 355 g/mol. The smallest absolute Gasteiger partial charge is 0.320 e. The van der Waals surface area contributed by atoms with Crippen LogP contribution in [0.1, 0.15) is 25.1 Å². The molecule has 2 aromatic heterocycles. The molecule has 0 fully saturated rings. The van der Waals surface area contributed by atoms with Gasteiger partial charge in [0.25, 0.3) is 0 Å². The Hall–Kier alpha value is -2.91. The summed E-state index contributed by atoms with van der Waals surface area (Å²) in [6.07, 6.45) is 4.71. The molecule has 0 aromatic carbocycles. The number of hydrogen-bond acceptors (Lipinski definition) is 6. The molecule has 0 amide bonds. The molecule has 9 heteroatoms. The molecule has 0 aliphatic rings. The largest absolute Gasteiger partial charge is 0.480 e. The first-order chi connectivity index (χ1) is 12.8. The van der Waals surface area contributed by atoms with E-state index >= 15 is 0 Å². The number of nitrogens with two attached hydrogens (primary N) is 2. The molecule has 0 radical (unpaired) electrons. The van der Waals surface area contributed by atoms with Gasteiger partial charge in [-0.2, -0.15) is 0 Å². The van der Waals surface area contributed by atoms with Crippen molar-refractivity contribution < 1.29 is 24.2 Å². The van der Waals surface area contributed by atoms with Crippen molar-refractivity contribution in [2.45, 2.75) is 38.8 Å². The van der Waals surface area contributed by atoms with Crippen LogP contribution in [0, 0.1) is 5.82 Å². The highest BCUT2D eigenvalue weighted by molar-refractivity contribution is 5.73. The number of nitrogens with zero attached hydrogens (tertiary/aromatic N) is 2. The Labute approximate surface area is 157 Å². The number of aromatic nitrogens is 2. The maximum Gasteiger partial charge on any atom is 0.320 e. The van der Waals surface area contributed by atoms with E-state index in [1.54, 1.807) is 24.5 Å². The molecule has 2 atom stereocenters. The second-order valence-electron chi connectivity index (χ2n) is 5.13. The van der Waals surface area contributed by atoms with Gasteiger partial charge in [-0.25, -0.2) is 4.39 Å². The van der Waals surface area contributed by atoms with Gasteiger partial charge in [0.2, 0.25) is 0 Å². The fraction of sp³-hybridized carbons (Fsp3) is 0.333. The van der Waals surface area contributed by atoms with E-state index in [4.69, 9.17) is 21.7 Å². The molecule has 8 nitrogen and oxygen atoms in total. The molecule has 0 aliphatic carbocycles. The summed E-state index contributed by atoms with van der Waals surface area (Å²) in [5.41, 5.74) is 11.9. The standard InChI is InChI=1S/C8H9FN2O2.C8H10N2O2.C2H6/c9-5-1-2-6(11-4-5)3-7(10)8(12)13;9-7(8(11)12)4-6-2-1-3-10-5-6;1-2/h1-2,4,7H,3,10H2,(H,12,13);1-3,5,7H,4,9H2,(H,11,12);1-2H3/t7-;;/m0../s1. The molecule has 1 unspecified atom stereocenters. The molecule has 6 N–H and O–H groups in total. The van der Waals surface area contributed by atoms with Crippen LogP contribution >= 0.6 is 0 Å². The molecule has 0 spiro atoms. The van der Waals surface area contributed by atoms with Gasteiger partial charge in [0.15, 0.2) is 0 Å². The zero-order valence-electron chi connectivity index (χ0n) is 15.2. The van der Waals surface area contributed by atoms with E-state index in [2.05, 4.69) is 9.97 Å². The van der Waals surface area contributed by atoms with Gasteiger partial charge in [-0.05, 0) is 30.2 Å². The van der Waals surface area contributed by atoms with Crippen LogP contribution in [0.15, 0.2) is 42.9 Å². The third-order valence-corrected chi connectivity index (χ3v) is 3.03. The van der Waals surface area contributed by atoms with Crippen molar-refractivity contribution in [3.63, 3.8) is 0 Å². The SMILES string of the molecule is CC.NC(Cc1cccnc1)C(=O)O.N[C@@H](Cc1ccc(F)cn1)C(=O)O. The highest BCUT2D eigenvalue weighted by atomic mass is 19.1. The minimum atomic E-state index is -1.09. The quantitative estimate of drug-likeness (QED) is 0.584. The van der Waals surface area contributed by atoms with E-state index in [9.17, 15) is 14.0 Å². The van der Waals surface area contributed by atoms with Crippen molar-refractivity contribution in [2.75, 3.05) is 0 Å². The van der Waals surface area contributed by atoms with Crippen molar-refractivity contribution in [3.8, 4) is 0 Å². The van der Waals surface area contributed by atoms with Crippen LogP contribution in [-0.2, 0) is 22.4 Å². The Morgan fingerprint density at radius 2 is 1.63 bits per heavy atom. The van der Waals surface area contributed by atoms with Gasteiger partial charge in [0.05, 0.1) is 6.20 Å². The van der Waals surface area contributed by atoms with E-state index in [1.165, 1.54) is 12.1 Å². The average molecular weight is 380 g/mol. The maximum atomic E-state index is 12.4. The number of hydrogen-bond donors (Lipinski definition) is 4. The molecule has 0 saturated heterocycles. The van der Waals surface area contributed by atoms with Crippen LogP contribution < -0.4 is 11.5 Å². The third-order valence-electron chi connectivity index (χ3n) is 3.03. The zero-order valence-corrected chi connectivity index (χ0v) is 15.2. The highest BCUT2D eigenvalue weighted by Gasteiger charge is 2.12. The predicted molar refractivity (Wildman–Crippen MR) is 98.4 cm³/mol. The Balaban J connectivity index is 0.000000460.